The number of rotatable bonds is 6. The molecular weight excluding hydrogens is 505 g/mol. The fraction of sp³-hybridized carbons (Fsp3) is 0.333. The zero-order chi connectivity index (χ0) is 27.9. The van der Waals surface area contributed by atoms with Crippen molar-refractivity contribution in [1.29, 1.82) is 0 Å². The summed E-state index contributed by atoms with van der Waals surface area (Å²) in [6.07, 6.45) is 0.705. The fourth-order valence-corrected chi connectivity index (χ4v) is 5.53. The molecule has 1 fully saturated rings. The van der Waals surface area contributed by atoms with Crippen molar-refractivity contribution >= 4 is 10.9 Å². The summed E-state index contributed by atoms with van der Waals surface area (Å²) >= 11 is 0. The number of aromatic nitrogens is 2. The first-order valence-electron chi connectivity index (χ1n) is 12.9. The molecule has 1 aliphatic heterocycles. The highest BCUT2D eigenvalue weighted by Gasteiger charge is 2.31. The van der Waals surface area contributed by atoms with Gasteiger partial charge in [0.05, 0.1) is 22.2 Å². The van der Waals surface area contributed by atoms with Crippen molar-refractivity contribution in [2.45, 2.75) is 45.5 Å². The molecular formula is C30H31F3N4O2. The minimum Gasteiger partial charge on any atom is -0.508 e. The van der Waals surface area contributed by atoms with Gasteiger partial charge in [-0.15, -0.1) is 0 Å². The third-order valence-electron chi connectivity index (χ3n) is 7.19. The van der Waals surface area contributed by atoms with Crippen LogP contribution in [-0.2, 0) is 12.7 Å². The SMILES string of the molecule is Cc1cc(C)cc(-c2cnc3ccn(-c4cc(O)cc(C(F)(F)F)c4)c(=O)c3c2CN(C)C[C@@H]2CCCN2)c1. The minimum atomic E-state index is -4.67. The molecule has 0 radical (unpaired) electrons. The van der Waals surface area contributed by atoms with Crippen LogP contribution in [0.25, 0.3) is 27.7 Å². The van der Waals surface area contributed by atoms with Crippen molar-refractivity contribution in [2.24, 2.45) is 0 Å². The molecule has 9 heteroatoms. The van der Waals surface area contributed by atoms with Gasteiger partial charge in [0.2, 0.25) is 0 Å². The monoisotopic (exact) mass is 536 g/mol. The second-order valence-electron chi connectivity index (χ2n) is 10.5. The molecule has 204 valence electrons. The quantitative estimate of drug-likeness (QED) is 0.337. The molecule has 6 nitrogen and oxygen atoms in total. The maximum atomic E-state index is 14.0. The molecule has 0 aliphatic carbocycles. The standard InChI is InChI=1S/C30H31F3N4O2/c1-18-9-19(2)11-20(10-18)25-15-35-27-6-8-37(23-12-21(30(31,32)33)13-24(38)14-23)29(39)28(27)26(25)17-36(3)16-22-5-4-7-34-22/h6,8-15,22,34,38H,4-5,7,16-17H2,1-3H3/t22-/m0/s1. The summed E-state index contributed by atoms with van der Waals surface area (Å²) in [5, 5.41) is 13.9. The van der Waals surface area contributed by atoms with Crippen LogP contribution in [0.4, 0.5) is 13.2 Å². The van der Waals surface area contributed by atoms with E-state index in [9.17, 15) is 23.1 Å². The van der Waals surface area contributed by atoms with Gasteiger partial charge < -0.3 is 15.3 Å². The molecule has 3 heterocycles. The lowest BCUT2D eigenvalue weighted by atomic mass is 9.95. The Bertz CT molecular complexity index is 1570. The van der Waals surface area contributed by atoms with Gasteiger partial charge in [0.25, 0.3) is 5.56 Å². The van der Waals surface area contributed by atoms with E-state index in [1.807, 2.05) is 33.0 Å². The zero-order valence-electron chi connectivity index (χ0n) is 22.1. The Morgan fingerprint density at radius 1 is 1.13 bits per heavy atom. The molecule has 2 aromatic heterocycles. The van der Waals surface area contributed by atoms with Crippen LogP contribution in [-0.4, -0.2) is 45.7 Å². The number of aromatic hydroxyl groups is 1. The lowest BCUT2D eigenvalue weighted by Gasteiger charge is -2.24. The number of nitrogens with zero attached hydrogens (tertiary/aromatic N) is 3. The van der Waals surface area contributed by atoms with Gasteiger partial charge in [-0.2, -0.15) is 13.2 Å². The predicted octanol–water partition coefficient (Wildman–Crippen LogP) is 5.58. The van der Waals surface area contributed by atoms with Gasteiger partial charge in [-0.25, -0.2) is 0 Å². The Hall–Kier alpha value is -3.69. The number of fused-ring (bicyclic) bond motifs is 1. The maximum absolute atomic E-state index is 14.0. The Balaban J connectivity index is 1.71. The maximum Gasteiger partial charge on any atom is 0.416 e. The van der Waals surface area contributed by atoms with Gasteiger partial charge in [-0.05, 0) is 69.6 Å². The van der Waals surface area contributed by atoms with Gasteiger partial charge in [0.15, 0.2) is 0 Å². The molecule has 0 saturated carbocycles. The molecule has 39 heavy (non-hydrogen) atoms. The van der Waals surface area contributed by atoms with E-state index in [-0.39, 0.29) is 5.69 Å². The number of aryl methyl sites for hydroxylation is 2. The third-order valence-corrected chi connectivity index (χ3v) is 7.19. The van der Waals surface area contributed by atoms with Crippen LogP contribution in [0.1, 0.15) is 35.1 Å². The number of hydrogen-bond acceptors (Lipinski definition) is 5. The van der Waals surface area contributed by atoms with Crippen LogP contribution in [0.5, 0.6) is 5.75 Å². The summed E-state index contributed by atoms with van der Waals surface area (Å²) in [7, 11) is 2.00. The van der Waals surface area contributed by atoms with E-state index < -0.39 is 23.0 Å². The highest BCUT2D eigenvalue weighted by atomic mass is 19.4. The number of nitrogens with one attached hydrogen (secondary N) is 1. The molecule has 0 amide bonds. The summed E-state index contributed by atoms with van der Waals surface area (Å²) in [5.41, 5.74) is 3.51. The number of halogens is 3. The van der Waals surface area contributed by atoms with E-state index in [0.29, 0.717) is 29.6 Å². The first-order valence-corrected chi connectivity index (χ1v) is 12.9. The molecule has 2 N–H and O–H groups in total. The van der Waals surface area contributed by atoms with Crippen molar-refractivity contribution in [3.8, 4) is 22.6 Å². The minimum absolute atomic E-state index is 0.0690. The topological polar surface area (TPSA) is 70.4 Å². The predicted molar refractivity (Wildman–Crippen MR) is 146 cm³/mol. The molecule has 0 unspecified atom stereocenters. The molecule has 5 rings (SSSR count). The van der Waals surface area contributed by atoms with Crippen LogP contribution < -0.4 is 10.9 Å². The van der Waals surface area contributed by atoms with Gasteiger partial charge in [0, 0.05) is 43.2 Å². The largest absolute Gasteiger partial charge is 0.508 e. The number of pyridine rings is 2. The molecule has 0 bridgehead atoms. The number of benzene rings is 2. The number of likely N-dealkylation sites (N-methyl/N-ethyl adjacent to an activating group) is 1. The molecule has 1 atom stereocenters. The van der Waals surface area contributed by atoms with Gasteiger partial charge in [0.1, 0.15) is 5.75 Å². The van der Waals surface area contributed by atoms with Gasteiger partial charge >= 0.3 is 6.18 Å². The van der Waals surface area contributed by atoms with E-state index in [1.165, 1.54) is 6.20 Å². The summed E-state index contributed by atoms with van der Waals surface area (Å²) in [6.45, 7) is 6.25. The van der Waals surface area contributed by atoms with Crippen LogP contribution >= 0.6 is 0 Å². The smallest absolute Gasteiger partial charge is 0.416 e. The lowest BCUT2D eigenvalue weighted by Crippen LogP contribution is -2.35. The fourth-order valence-electron chi connectivity index (χ4n) is 5.53. The highest BCUT2D eigenvalue weighted by molar-refractivity contribution is 5.88. The number of phenols is 1. The van der Waals surface area contributed by atoms with Crippen LogP contribution in [0.2, 0.25) is 0 Å². The summed E-state index contributed by atoms with van der Waals surface area (Å²) in [5.74, 6) is -0.571. The average molecular weight is 537 g/mol. The van der Waals surface area contributed by atoms with E-state index >= 15 is 0 Å². The summed E-state index contributed by atoms with van der Waals surface area (Å²) in [6, 6.07) is 10.8. The van der Waals surface area contributed by atoms with Crippen molar-refractivity contribution < 1.29 is 18.3 Å². The molecule has 1 aliphatic rings. The van der Waals surface area contributed by atoms with Gasteiger partial charge in [-0.3, -0.25) is 14.3 Å². The Labute approximate surface area is 224 Å². The van der Waals surface area contributed by atoms with E-state index in [1.54, 1.807) is 12.3 Å². The first-order chi connectivity index (χ1) is 18.5. The van der Waals surface area contributed by atoms with Crippen molar-refractivity contribution in [1.82, 2.24) is 19.8 Å². The van der Waals surface area contributed by atoms with Crippen LogP contribution in [0.15, 0.2) is 59.7 Å². The number of hydrogen-bond donors (Lipinski definition) is 2. The Morgan fingerprint density at radius 3 is 2.54 bits per heavy atom. The first kappa shape index (κ1) is 26.9. The second-order valence-corrected chi connectivity index (χ2v) is 10.5. The van der Waals surface area contributed by atoms with E-state index in [0.717, 1.165) is 70.4 Å². The lowest BCUT2D eigenvalue weighted by molar-refractivity contribution is -0.137. The molecule has 1 saturated heterocycles. The van der Waals surface area contributed by atoms with E-state index in [4.69, 9.17) is 0 Å². The normalized spacial score (nSPS) is 15.9. The Kier molecular flexibility index (Phi) is 7.22. The number of alkyl halides is 3. The average Bonchev–Trinajstić information content (AvgIpc) is 3.35. The van der Waals surface area contributed by atoms with Crippen LogP contribution in [0, 0.1) is 13.8 Å². The molecule has 2 aromatic carbocycles. The summed E-state index contributed by atoms with van der Waals surface area (Å²) in [4.78, 5) is 20.7. The van der Waals surface area contributed by atoms with Crippen molar-refractivity contribution in [3.05, 3.63) is 87.5 Å². The van der Waals surface area contributed by atoms with E-state index in [2.05, 4.69) is 21.3 Å². The van der Waals surface area contributed by atoms with Crippen molar-refractivity contribution in [2.75, 3.05) is 20.1 Å². The Morgan fingerprint density at radius 2 is 1.87 bits per heavy atom. The number of phenolic OH excluding ortho intramolecular Hbond substituents is 1. The second kappa shape index (κ2) is 10.5. The van der Waals surface area contributed by atoms with Gasteiger partial charge in [-0.1, -0.05) is 29.3 Å². The molecule has 0 spiro atoms. The molecule has 4 aromatic rings. The summed E-state index contributed by atoms with van der Waals surface area (Å²) < 4.78 is 41.6. The zero-order valence-corrected chi connectivity index (χ0v) is 22.1. The highest BCUT2D eigenvalue weighted by Crippen LogP contribution is 2.34. The van der Waals surface area contributed by atoms with Crippen LogP contribution in [0.3, 0.4) is 0 Å². The van der Waals surface area contributed by atoms with Crippen molar-refractivity contribution in [3.63, 3.8) is 0 Å². The third kappa shape index (κ3) is 5.69.